The lowest BCUT2D eigenvalue weighted by Gasteiger charge is -2.04. The van der Waals surface area contributed by atoms with Gasteiger partial charge in [-0.15, -0.1) is 0 Å². The van der Waals surface area contributed by atoms with Crippen molar-refractivity contribution in [1.29, 1.82) is 0 Å². The molecule has 0 aliphatic rings. The number of hydrogen-bond acceptors (Lipinski definition) is 4. The Hall–Kier alpha value is -1.03. The molecule has 0 aromatic heterocycles. The third-order valence-corrected chi connectivity index (χ3v) is 1.03. The van der Waals surface area contributed by atoms with Crippen molar-refractivity contribution in [2.75, 3.05) is 13.7 Å². The Bertz CT molecular complexity index is 139. The minimum atomic E-state index is -0.335. The van der Waals surface area contributed by atoms with E-state index in [9.17, 15) is 4.79 Å². The second-order valence-corrected chi connectivity index (χ2v) is 1.56. The lowest BCUT2D eigenvalue weighted by atomic mass is 10.4. The second-order valence-electron chi connectivity index (χ2n) is 1.56. The maximum absolute atomic E-state index is 9.77. The van der Waals surface area contributed by atoms with Gasteiger partial charge < -0.3 is 14.6 Å². The van der Waals surface area contributed by atoms with Gasteiger partial charge in [-0.3, -0.25) is 4.79 Å². The molecule has 0 rings (SSSR count). The van der Waals surface area contributed by atoms with Crippen LogP contribution in [0.15, 0.2) is 11.5 Å². The summed E-state index contributed by atoms with van der Waals surface area (Å²) in [5.74, 6) is 0.534. The predicted molar refractivity (Wildman–Crippen MR) is 33.9 cm³/mol. The Balaban J connectivity index is 4.13. The molecule has 0 radical (unpaired) electrons. The van der Waals surface area contributed by atoms with Gasteiger partial charge >= 0.3 is 0 Å². The van der Waals surface area contributed by atoms with E-state index in [1.807, 2.05) is 0 Å². The minimum absolute atomic E-state index is 0.137. The molecule has 58 valence electrons. The third kappa shape index (κ3) is 2.50. The van der Waals surface area contributed by atoms with Gasteiger partial charge in [0.1, 0.15) is 12.4 Å². The molecular formula is C6H10O4. The summed E-state index contributed by atoms with van der Waals surface area (Å²) in [4.78, 5) is 9.77. The fourth-order valence-electron chi connectivity index (χ4n) is 0.403. The van der Waals surface area contributed by atoms with Crippen LogP contribution in [-0.4, -0.2) is 25.3 Å². The van der Waals surface area contributed by atoms with Crippen LogP contribution in [0.25, 0.3) is 0 Å². The van der Waals surface area contributed by atoms with Gasteiger partial charge in [0.25, 0.3) is 6.47 Å². The summed E-state index contributed by atoms with van der Waals surface area (Å²) in [6.45, 7) is 1.50. The van der Waals surface area contributed by atoms with Crippen molar-refractivity contribution in [3.05, 3.63) is 11.5 Å². The summed E-state index contributed by atoms with van der Waals surface area (Å²) in [7, 11) is 1.43. The summed E-state index contributed by atoms with van der Waals surface area (Å²) < 4.78 is 9.06. The van der Waals surface area contributed by atoms with E-state index in [4.69, 9.17) is 9.84 Å². The first-order chi connectivity index (χ1) is 4.76. The van der Waals surface area contributed by atoms with Crippen LogP contribution in [-0.2, 0) is 14.3 Å². The molecule has 0 amide bonds. The zero-order chi connectivity index (χ0) is 7.98. The Morgan fingerprint density at radius 1 is 1.70 bits per heavy atom. The number of aliphatic hydroxyl groups is 1. The number of allylic oxidation sites excluding steroid dienone is 1. The highest BCUT2D eigenvalue weighted by molar-refractivity contribution is 5.40. The van der Waals surface area contributed by atoms with Crippen LogP contribution in [0.2, 0.25) is 0 Å². The summed E-state index contributed by atoms with van der Waals surface area (Å²) in [6.07, 6.45) is 0. The monoisotopic (exact) mass is 146 g/mol. The van der Waals surface area contributed by atoms with Crippen molar-refractivity contribution < 1.29 is 19.4 Å². The average Bonchev–Trinajstić information content (AvgIpc) is 1.99. The Morgan fingerprint density at radius 3 is 2.60 bits per heavy atom. The van der Waals surface area contributed by atoms with E-state index >= 15 is 0 Å². The number of ether oxygens (including phenoxy) is 2. The van der Waals surface area contributed by atoms with Gasteiger partial charge in [0.2, 0.25) is 0 Å². The lowest BCUT2D eigenvalue weighted by Crippen LogP contribution is -2.00. The molecule has 4 nitrogen and oxygen atoms in total. The van der Waals surface area contributed by atoms with Crippen molar-refractivity contribution in [3.63, 3.8) is 0 Å². The maximum atomic E-state index is 9.77. The molecule has 10 heavy (non-hydrogen) atoms. The zero-order valence-electron chi connectivity index (χ0n) is 5.96. The van der Waals surface area contributed by atoms with E-state index in [0.29, 0.717) is 5.76 Å². The van der Waals surface area contributed by atoms with Crippen molar-refractivity contribution >= 4 is 6.47 Å². The van der Waals surface area contributed by atoms with Gasteiger partial charge in [0, 0.05) is 0 Å². The van der Waals surface area contributed by atoms with Gasteiger partial charge in [-0.1, -0.05) is 0 Å². The molecule has 0 fully saturated rings. The van der Waals surface area contributed by atoms with E-state index in [1.54, 1.807) is 6.92 Å². The summed E-state index contributed by atoms with van der Waals surface area (Å²) in [5, 5.41) is 8.54. The third-order valence-electron chi connectivity index (χ3n) is 1.03. The number of rotatable bonds is 4. The molecule has 0 unspecified atom stereocenters. The fourth-order valence-corrected chi connectivity index (χ4v) is 0.403. The largest absolute Gasteiger partial charge is 0.498 e. The van der Waals surface area contributed by atoms with Crippen LogP contribution in [0.5, 0.6) is 0 Å². The van der Waals surface area contributed by atoms with Gasteiger partial charge in [-0.25, -0.2) is 0 Å². The van der Waals surface area contributed by atoms with E-state index in [-0.39, 0.29) is 18.8 Å². The zero-order valence-corrected chi connectivity index (χ0v) is 5.96. The number of carbonyl (C=O) groups is 1. The van der Waals surface area contributed by atoms with Crippen LogP contribution < -0.4 is 0 Å². The molecule has 0 spiro atoms. The smallest absolute Gasteiger partial charge is 0.298 e. The minimum Gasteiger partial charge on any atom is -0.498 e. The van der Waals surface area contributed by atoms with E-state index in [1.165, 1.54) is 7.11 Å². The van der Waals surface area contributed by atoms with Gasteiger partial charge in [-0.2, -0.15) is 0 Å². The lowest BCUT2D eigenvalue weighted by molar-refractivity contribution is -0.126. The predicted octanol–water partition coefficient (Wildman–Crippen LogP) is 0.0296. The summed E-state index contributed by atoms with van der Waals surface area (Å²) >= 11 is 0. The van der Waals surface area contributed by atoms with Gasteiger partial charge in [-0.05, 0) is 6.92 Å². The van der Waals surface area contributed by atoms with E-state index in [0.717, 1.165) is 0 Å². The standard InChI is InChI=1S/C6H10O4/c1-5(9-2)6(3-7)10-4-8/h4,7H,3H2,1-2H3/b6-5-. The second kappa shape index (κ2) is 4.81. The number of methoxy groups -OCH3 is 1. The fraction of sp³-hybridized carbons (Fsp3) is 0.500. The molecule has 0 bridgehead atoms. The molecule has 4 heteroatoms. The molecule has 0 saturated carbocycles. The molecule has 0 heterocycles. The first-order valence-corrected chi connectivity index (χ1v) is 2.71. The Kier molecular flexibility index (Phi) is 4.32. The molecular weight excluding hydrogens is 136 g/mol. The van der Waals surface area contributed by atoms with E-state index in [2.05, 4.69) is 4.74 Å². The van der Waals surface area contributed by atoms with E-state index < -0.39 is 0 Å². The molecule has 0 atom stereocenters. The first kappa shape index (κ1) is 8.97. The molecule has 0 aliphatic carbocycles. The Labute approximate surface area is 59.1 Å². The summed E-state index contributed by atoms with van der Waals surface area (Å²) in [6, 6.07) is 0. The molecule has 0 aliphatic heterocycles. The van der Waals surface area contributed by atoms with Crippen molar-refractivity contribution in [2.45, 2.75) is 6.92 Å². The number of hydrogen-bond donors (Lipinski definition) is 1. The van der Waals surface area contributed by atoms with Crippen LogP contribution >= 0.6 is 0 Å². The normalized spacial score (nSPS) is 11.9. The molecule has 0 saturated heterocycles. The highest BCUT2D eigenvalue weighted by Crippen LogP contribution is 2.03. The maximum Gasteiger partial charge on any atom is 0.298 e. The van der Waals surface area contributed by atoms with Crippen LogP contribution in [0.1, 0.15) is 6.92 Å². The quantitative estimate of drug-likeness (QED) is 0.449. The van der Waals surface area contributed by atoms with Crippen molar-refractivity contribution in [2.24, 2.45) is 0 Å². The van der Waals surface area contributed by atoms with Gasteiger partial charge in [0.15, 0.2) is 5.76 Å². The highest BCUT2D eigenvalue weighted by atomic mass is 16.5. The Morgan fingerprint density at radius 2 is 2.30 bits per heavy atom. The topological polar surface area (TPSA) is 55.8 Å². The van der Waals surface area contributed by atoms with Crippen LogP contribution in [0.4, 0.5) is 0 Å². The number of aliphatic hydroxyl groups excluding tert-OH is 1. The highest BCUT2D eigenvalue weighted by Gasteiger charge is 2.00. The molecule has 1 N–H and O–H groups in total. The molecule has 0 aromatic rings. The average molecular weight is 146 g/mol. The first-order valence-electron chi connectivity index (χ1n) is 2.71. The van der Waals surface area contributed by atoms with Crippen LogP contribution in [0, 0.1) is 0 Å². The number of carbonyl (C=O) groups excluding carboxylic acids is 1. The van der Waals surface area contributed by atoms with Gasteiger partial charge in [0.05, 0.1) is 7.11 Å². The summed E-state index contributed by atoms with van der Waals surface area (Å²) in [5.41, 5.74) is 0. The van der Waals surface area contributed by atoms with Crippen molar-refractivity contribution in [1.82, 2.24) is 0 Å². The SMILES string of the molecule is CO/C(C)=C(/CO)OC=O. The van der Waals surface area contributed by atoms with Crippen LogP contribution in [0.3, 0.4) is 0 Å². The van der Waals surface area contributed by atoms with Crippen molar-refractivity contribution in [3.8, 4) is 0 Å². The molecule has 0 aromatic carbocycles.